The summed E-state index contributed by atoms with van der Waals surface area (Å²) in [5.41, 5.74) is 2.18. The number of benzene rings is 1. The van der Waals surface area contributed by atoms with Crippen molar-refractivity contribution in [2.45, 2.75) is 25.5 Å². The first-order valence-electron chi connectivity index (χ1n) is 8.08. The fourth-order valence-electron chi connectivity index (χ4n) is 2.51. The van der Waals surface area contributed by atoms with Crippen molar-refractivity contribution in [2.75, 3.05) is 12.3 Å². The molecule has 25 heavy (non-hydrogen) atoms. The quantitative estimate of drug-likeness (QED) is 0.592. The zero-order valence-electron chi connectivity index (χ0n) is 14.3. The summed E-state index contributed by atoms with van der Waals surface area (Å²) in [7, 11) is 0. The van der Waals surface area contributed by atoms with Gasteiger partial charge in [-0.05, 0) is 36.9 Å². The van der Waals surface area contributed by atoms with Gasteiger partial charge in [0.05, 0.1) is 18.0 Å². The van der Waals surface area contributed by atoms with Crippen LogP contribution in [0.25, 0.3) is 5.69 Å². The standard InChI is InChI=1S/C18H20N4OS2/c1-3-21(11-15-8-6-10-24-15)17(23)12-25-18-20-19-13-22(18)16-9-5-4-7-14(16)2/h4-10,13H,3,11-12H2,1-2H3. The lowest BCUT2D eigenvalue weighted by atomic mass is 10.2. The third-order valence-corrected chi connectivity index (χ3v) is 5.67. The van der Waals surface area contributed by atoms with E-state index < -0.39 is 0 Å². The molecule has 0 radical (unpaired) electrons. The molecular weight excluding hydrogens is 352 g/mol. The van der Waals surface area contributed by atoms with Gasteiger partial charge in [0.15, 0.2) is 5.16 Å². The van der Waals surface area contributed by atoms with E-state index in [4.69, 9.17) is 0 Å². The number of carbonyl (C=O) groups is 1. The van der Waals surface area contributed by atoms with Gasteiger partial charge in [-0.1, -0.05) is 36.0 Å². The number of hydrogen-bond acceptors (Lipinski definition) is 5. The van der Waals surface area contributed by atoms with Crippen LogP contribution in [0.1, 0.15) is 17.4 Å². The van der Waals surface area contributed by atoms with Gasteiger partial charge < -0.3 is 4.90 Å². The lowest BCUT2D eigenvalue weighted by Gasteiger charge is -2.20. The second-order valence-corrected chi connectivity index (χ2v) is 7.52. The maximum Gasteiger partial charge on any atom is 0.233 e. The Morgan fingerprint density at radius 1 is 1.28 bits per heavy atom. The molecule has 0 bridgehead atoms. The summed E-state index contributed by atoms with van der Waals surface area (Å²) in [6.45, 7) is 5.42. The SMILES string of the molecule is CCN(Cc1cccs1)C(=O)CSc1nncn1-c1ccccc1C. The van der Waals surface area contributed by atoms with Gasteiger partial charge in [-0.25, -0.2) is 0 Å². The Bertz CT molecular complexity index is 829. The highest BCUT2D eigenvalue weighted by atomic mass is 32.2. The van der Waals surface area contributed by atoms with E-state index in [1.807, 2.05) is 46.0 Å². The van der Waals surface area contributed by atoms with Crippen molar-refractivity contribution in [3.05, 3.63) is 58.5 Å². The van der Waals surface area contributed by atoms with E-state index in [1.165, 1.54) is 16.6 Å². The van der Waals surface area contributed by atoms with Gasteiger partial charge in [-0.3, -0.25) is 9.36 Å². The monoisotopic (exact) mass is 372 g/mol. The van der Waals surface area contributed by atoms with E-state index in [2.05, 4.69) is 29.3 Å². The van der Waals surface area contributed by atoms with E-state index in [1.54, 1.807) is 17.7 Å². The second kappa shape index (κ2) is 8.31. The summed E-state index contributed by atoms with van der Waals surface area (Å²) in [6, 6.07) is 12.1. The molecule has 3 aromatic rings. The van der Waals surface area contributed by atoms with Crippen LogP contribution in [0, 0.1) is 6.92 Å². The molecule has 0 unspecified atom stereocenters. The molecule has 2 heterocycles. The minimum absolute atomic E-state index is 0.111. The number of amides is 1. The maximum absolute atomic E-state index is 12.6. The summed E-state index contributed by atoms with van der Waals surface area (Å²) in [6.07, 6.45) is 1.69. The third kappa shape index (κ3) is 4.29. The molecule has 0 spiro atoms. The molecule has 2 aromatic heterocycles. The molecular formula is C18H20N4OS2. The first kappa shape index (κ1) is 17.7. The Kier molecular flexibility index (Phi) is 5.88. The molecule has 0 aliphatic heterocycles. The fourth-order valence-corrected chi connectivity index (χ4v) is 4.05. The molecule has 0 aliphatic carbocycles. The Balaban J connectivity index is 1.67. The number of nitrogens with zero attached hydrogens (tertiary/aromatic N) is 4. The van der Waals surface area contributed by atoms with Crippen LogP contribution in [-0.2, 0) is 11.3 Å². The van der Waals surface area contributed by atoms with Crippen LogP contribution >= 0.6 is 23.1 Å². The van der Waals surface area contributed by atoms with Crippen molar-refractivity contribution in [2.24, 2.45) is 0 Å². The summed E-state index contributed by atoms with van der Waals surface area (Å²) >= 11 is 3.10. The predicted octanol–water partition coefficient (Wildman–Crippen LogP) is 3.78. The summed E-state index contributed by atoms with van der Waals surface area (Å²) < 4.78 is 1.93. The van der Waals surface area contributed by atoms with Crippen molar-refractivity contribution in [3.63, 3.8) is 0 Å². The van der Waals surface area contributed by atoms with Gasteiger partial charge in [0.25, 0.3) is 0 Å². The highest BCUT2D eigenvalue weighted by Crippen LogP contribution is 2.22. The molecule has 0 N–H and O–H groups in total. The van der Waals surface area contributed by atoms with Crippen molar-refractivity contribution >= 4 is 29.0 Å². The Hall–Kier alpha value is -2.12. The van der Waals surface area contributed by atoms with Crippen LogP contribution in [0.2, 0.25) is 0 Å². The topological polar surface area (TPSA) is 51.0 Å². The normalized spacial score (nSPS) is 10.8. The van der Waals surface area contributed by atoms with E-state index in [0.717, 1.165) is 16.4 Å². The average molecular weight is 373 g/mol. The molecule has 5 nitrogen and oxygen atoms in total. The number of para-hydroxylation sites is 1. The number of hydrogen-bond donors (Lipinski definition) is 0. The average Bonchev–Trinajstić information content (AvgIpc) is 3.29. The molecule has 0 aliphatic rings. The minimum atomic E-state index is 0.111. The van der Waals surface area contributed by atoms with Gasteiger partial charge in [-0.15, -0.1) is 21.5 Å². The zero-order valence-corrected chi connectivity index (χ0v) is 15.9. The third-order valence-electron chi connectivity index (χ3n) is 3.88. The number of aromatic nitrogens is 3. The van der Waals surface area contributed by atoms with E-state index in [-0.39, 0.29) is 5.91 Å². The lowest BCUT2D eigenvalue weighted by molar-refractivity contribution is -0.128. The maximum atomic E-state index is 12.6. The molecule has 0 saturated carbocycles. The van der Waals surface area contributed by atoms with Gasteiger partial charge in [0, 0.05) is 11.4 Å². The predicted molar refractivity (Wildman–Crippen MR) is 102 cm³/mol. The second-order valence-electron chi connectivity index (χ2n) is 5.55. The molecule has 7 heteroatoms. The van der Waals surface area contributed by atoms with E-state index in [0.29, 0.717) is 18.8 Å². The van der Waals surface area contributed by atoms with Crippen LogP contribution in [0.3, 0.4) is 0 Å². The van der Waals surface area contributed by atoms with Crippen molar-refractivity contribution in [1.29, 1.82) is 0 Å². The summed E-state index contributed by atoms with van der Waals surface area (Å²) in [4.78, 5) is 15.6. The van der Waals surface area contributed by atoms with Gasteiger partial charge in [0.2, 0.25) is 5.91 Å². The molecule has 0 fully saturated rings. The van der Waals surface area contributed by atoms with Crippen molar-refractivity contribution < 1.29 is 4.79 Å². The minimum Gasteiger partial charge on any atom is -0.337 e. The lowest BCUT2D eigenvalue weighted by Crippen LogP contribution is -2.31. The van der Waals surface area contributed by atoms with Crippen LogP contribution in [0.4, 0.5) is 0 Å². The molecule has 130 valence electrons. The highest BCUT2D eigenvalue weighted by Gasteiger charge is 2.16. The van der Waals surface area contributed by atoms with Gasteiger partial charge in [0.1, 0.15) is 6.33 Å². The Morgan fingerprint density at radius 3 is 2.84 bits per heavy atom. The number of carbonyl (C=O) groups excluding carboxylic acids is 1. The smallest absolute Gasteiger partial charge is 0.233 e. The molecule has 1 aromatic carbocycles. The van der Waals surface area contributed by atoms with E-state index in [9.17, 15) is 4.79 Å². The number of thiophene rings is 1. The number of aryl methyl sites for hydroxylation is 1. The summed E-state index contributed by atoms with van der Waals surface area (Å²) in [5.74, 6) is 0.462. The van der Waals surface area contributed by atoms with Crippen LogP contribution < -0.4 is 0 Å². The molecule has 0 atom stereocenters. The Labute approximate surface area is 155 Å². The van der Waals surface area contributed by atoms with Crippen LogP contribution in [0.5, 0.6) is 0 Å². The highest BCUT2D eigenvalue weighted by molar-refractivity contribution is 7.99. The molecule has 0 saturated heterocycles. The van der Waals surface area contributed by atoms with Crippen LogP contribution in [0.15, 0.2) is 53.3 Å². The van der Waals surface area contributed by atoms with Crippen molar-refractivity contribution in [3.8, 4) is 5.69 Å². The van der Waals surface area contributed by atoms with Crippen LogP contribution in [-0.4, -0.2) is 37.9 Å². The first-order chi connectivity index (χ1) is 12.2. The Morgan fingerprint density at radius 2 is 2.12 bits per heavy atom. The number of thioether (sulfide) groups is 1. The zero-order chi connectivity index (χ0) is 17.6. The number of rotatable bonds is 7. The summed E-state index contributed by atoms with van der Waals surface area (Å²) in [5, 5.41) is 11.0. The molecule has 3 rings (SSSR count). The first-order valence-corrected chi connectivity index (χ1v) is 9.94. The van der Waals surface area contributed by atoms with Crippen molar-refractivity contribution in [1.82, 2.24) is 19.7 Å². The fraction of sp³-hybridized carbons (Fsp3) is 0.278. The van der Waals surface area contributed by atoms with Gasteiger partial charge >= 0.3 is 0 Å². The van der Waals surface area contributed by atoms with Gasteiger partial charge in [-0.2, -0.15) is 0 Å². The van der Waals surface area contributed by atoms with E-state index >= 15 is 0 Å². The molecule has 1 amide bonds. The largest absolute Gasteiger partial charge is 0.337 e.